The molecule has 13 heteroatoms. The number of benzene rings is 3. The average Bonchev–Trinajstić information content (AvgIpc) is 3.68. The fourth-order valence-electron chi connectivity index (χ4n) is 3.83. The zero-order valence-electron chi connectivity index (χ0n) is 22.1. The fourth-order valence-corrected chi connectivity index (χ4v) is 3.83. The Hall–Kier alpha value is -6.24. The molecule has 43 heavy (non-hydrogen) atoms. The summed E-state index contributed by atoms with van der Waals surface area (Å²) in [5.41, 5.74) is 10.4. The Kier molecular flexibility index (Phi) is 8.23. The Morgan fingerprint density at radius 1 is 0.767 bits per heavy atom. The lowest BCUT2D eigenvalue weighted by atomic mass is 10.1. The van der Waals surface area contributed by atoms with Crippen LogP contribution in [0.25, 0.3) is 22.6 Å². The first kappa shape index (κ1) is 28.3. The largest absolute Gasteiger partial charge is 0.457 e. The van der Waals surface area contributed by atoms with Crippen molar-refractivity contribution in [3.63, 3.8) is 0 Å². The van der Waals surface area contributed by atoms with Gasteiger partial charge >= 0.3 is 5.91 Å². The molecule has 2 aromatic heterocycles. The van der Waals surface area contributed by atoms with Crippen LogP contribution >= 0.6 is 0 Å². The van der Waals surface area contributed by atoms with Crippen molar-refractivity contribution < 1.29 is 31.9 Å². The molecule has 0 saturated carbocycles. The van der Waals surface area contributed by atoms with Crippen molar-refractivity contribution in [3.05, 3.63) is 120 Å². The highest BCUT2D eigenvalue weighted by atomic mass is 19.1. The third-order valence-corrected chi connectivity index (χ3v) is 5.76. The fraction of sp³-hybridized carbons (Fsp3) is 0. The lowest BCUT2D eigenvalue weighted by molar-refractivity contribution is 0.0946. The number of carbonyl (C=O) groups is 2. The maximum Gasteiger partial charge on any atom is 0.315 e. The van der Waals surface area contributed by atoms with Crippen LogP contribution < -0.4 is 26.6 Å². The summed E-state index contributed by atoms with van der Waals surface area (Å²) in [6.45, 7) is 0. The summed E-state index contributed by atoms with van der Waals surface area (Å²) in [5, 5.41) is 9.99. The summed E-state index contributed by atoms with van der Waals surface area (Å²) in [7, 11) is 0. The molecule has 216 valence electrons. The number of hydrazine groups is 1. The van der Waals surface area contributed by atoms with Gasteiger partial charge in [-0.05, 0) is 60.7 Å². The summed E-state index contributed by atoms with van der Waals surface area (Å²) in [4.78, 5) is 28.7. The number of guanidine groups is 2. The van der Waals surface area contributed by atoms with Crippen LogP contribution in [0.5, 0.6) is 11.5 Å². The Morgan fingerprint density at radius 2 is 1.42 bits per heavy atom. The van der Waals surface area contributed by atoms with Gasteiger partial charge in [0.2, 0.25) is 11.9 Å². The van der Waals surface area contributed by atoms with Gasteiger partial charge in [-0.15, -0.1) is 0 Å². The minimum Gasteiger partial charge on any atom is -0.457 e. The van der Waals surface area contributed by atoms with Gasteiger partial charge in [-0.3, -0.25) is 31.2 Å². The standard InChI is InChI=1S/C30H22F2N6O5/c31-19-10-6-11-20(32)26(19)23-14-16-25(43-23)28(40)36-30(34)38-37-29(33)35-27(39)24-15-13-22(42-24)18-9-4-5-12-21(18)41-17-7-2-1-3-8-17/h1-16H,(H3,33,35,37,39)(H3,34,36,38,40). The quantitative estimate of drug-likeness (QED) is 0.103. The van der Waals surface area contributed by atoms with E-state index < -0.39 is 40.9 Å². The topological polar surface area (TPSA) is 168 Å². The lowest BCUT2D eigenvalue weighted by Gasteiger charge is -2.10. The maximum absolute atomic E-state index is 14.0. The van der Waals surface area contributed by atoms with E-state index in [4.69, 9.17) is 24.7 Å². The molecule has 0 unspecified atom stereocenters. The number of furan rings is 2. The molecule has 6 N–H and O–H groups in total. The molecule has 2 amide bonds. The smallest absolute Gasteiger partial charge is 0.315 e. The number of hydrogen-bond donors (Lipinski definition) is 5. The van der Waals surface area contributed by atoms with Crippen molar-refractivity contribution in [1.82, 2.24) is 16.2 Å². The van der Waals surface area contributed by atoms with Crippen molar-refractivity contribution >= 4 is 23.7 Å². The highest BCUT2D eigenvalue weighted by molar-refractivity contribution is 6.04. The highest BCUT2D eigenvalue weighted by Crippen LogP contribution is 2.34. The van der Waals surface area contributed by atoms with Crippen LogP contribution in [-0.2, 0) is 0 Å². The van der Waals surface area contributed by atoms with Crippen LogP contribution in [-0.4, -0.2) is 23.7 Å². The first-order valence-electron chi connectivity index (χ1n) is 12.6. The number of carbonyl (C=O) groups excluding carboxylic acids is 2. The average molecular weight is 585 g/mol. The molecule has 0 radical (unpaired) electrons. The molecular formula is C30H22F2N6O5. The first-order valence-corrected chi connectivity index (χ1v) is 12.6. The number of halogens is 2. The molecule has 5 rings (SSSR count). The zero-order chi connectivity index (χ0) is 30.3. The number of nitrogens with two attached hydrogens (primary N) is 1. The number of aliphatic imine (C=N–C) groups is 1. The van der Waals surface area contributed by atoms with E-state index in [-0.39, 0.29) is 17.3 Å². The normalized spacial score (nSPS) is 11.1. The molecule has 2 heterocycles. The second-order valence-electron chi connectivity index (χ2n) is 8.72. The van der Waals surface area contributed by atoms with Gasteiger partial charge in [0.15, 0.2) is 11.5 Å². The SMILES string of the molecule is N=C(NNC(N)=NC(=O)c1ccc(-c2ccccc2Oc2ccccc2)o1)NC(=O)c1ccc(-c2c(F)cccc2F)o1. The monoisotopic (exact) mass is 584 g/mol. The van der Waals surface area contributed by atoms with E-state index in [0.717, 1.165) is 12.1 Å². The number of amides is 2. The van der Waals surface area contributed by atoms with E-state index in [2.05, 4.69) is 21.2 Å². The molecule has 0 atom stereocenters. The zero-order valence-corrected chi connectivity index (χ0v) is 22.1. The molecule has 0 aliphatic carbocycles. The number of nitrogens with zero attached hydrogens (tertiary/aromatic N) is 1. The Balaban J connectivity index is 1.17. The molecule has 5 aromatic rings. The molecule has 3 aromatic carbocycles. The number of para-hydroxylation sites is 2. The van der Waals surface area contributed by atoms with Crippen LogP contribution in [0, 0.1) is 17.0 Å². The van der Waals surface area contributed by atoms with E-state index in [0.29, 0.717) is 22.8 Å². The van der Waals surface area contributed by atoms with Crippen molar-refractivity contribution in [2.75, 3.05) is 0 Å². The van der Waals surface area contributed by atoms with Crippen molar-refractivity contribution in [1.29, 1.82) is 5.41 Å². The predicted molar refractivity (Wildman–Crippen MR) is 152 cm³/mol. The highest BCUT2D eigenvalue weighted by Gasteiger charge is 2.19. The van der Waals surface area contributed by atoms with E-state index in [1.165, 1.54) is 24.3 Å². The minimum atomic E-state index is -0.895. The van der Waals surface area contributed by atoms with E-state index in [9.17, 15) is 18.4 Å². The Labute approximate surface area is 242 Å². The summed E-state index contributed by atoms with van der Waals surface area (Å²) in [6, 6.07) is 25.0. The van der Waals surface area contributed by atoms with Crippen molar-refractivity contribution in [2.24, 2.45) is 10.7 Å². The van der Waals surface area contributed by atoms with Crippen LogP contribution in [0.2, 0.25) is 0 Å². The summed E-state index contributed by atoms with van der Waals surface area (Å²) < 4.78 is 44.9. The molecule has 11 nitrogen and oxygen atoms in total. The number of hydrogen-bond acceptors (Lipinski definition) is 6. The van der Waals surface area contributed by atoms with Crippen molar-refractivity contribution in [2.45, 2.75) is 0 Å². The van der Waals surface area contributed by atoms with Gasteiger partial charge in [0.25, 0.3) is 5.91 Å². The maximum atomic E-state index is 14.0. The summed E-state index contributed by atoms with van der Waals surface area (Å²) in [5.74, 6) is -3.61. The molecule has 0 spiro atoms. The molecular weight excluding hydrogens is 562 g/mol. The third-order valence-electron chi connectivity index (χ3n) is 5.76. The third kappa shape index (κ3) is 6.74. The lowest BCUT2D eigenvalue weighted by Crippen LogP contribution is -2.51. The van der Waals surface area contributed by atoms with E-state index >= 15 is 0 Å². The molecule has 0 bridgehead atoms. The Bertz CT molecular complexity index is 1810. The first-order chi connectivity index (χ1) is 20.8. The number of rotatable bonds is 6. The summed E-state index contributed by atoms with van der Waals surface area (Å²) in [6.07, 6.45) is 0. The molecule has 0 aliphatic heterocycles. The van der Waals surface area contributed by atoms with Crippen molar-refractivity contribution in [3.8, 4) is 34.1 Å². The van der Waals surface area contributed by atoms with Gasteiger partial charge in [0.1, 0.15) is 34.7 Å². The van der Waals surface area contributed by atoms with Gasteiger partial charge in [0, 0.05) is 0 Å². The van der Waals surface area contributed by atoms with Gasteiger partial charge in [0.05, 0.1) is 11.1 Å². The van der Waals surface area contributed by atoms with Gasteiger partial charge in [-0.1, -0.05) is 36.4 Å². The summed E-state index contributed by atoms with van der Waals surface area (Å²) >= 11 is 0. The molecule has 0 saturated heterocycles. The van der Waals surface area contributed by atoms with Crippen LogP contribution in [0.4, 0.5) is 8.78 Å². The van der Waals surface area contributed by atoms with Crippen LogP contribution in [0.1, 0.15) is 21.1 Å². The second-order valence-corrected chi connectivity index (χ2v) is 8.72. The Morgan fingerprint density at radius 3 is 2.19 bits per heavy atom. The molecule has 0 aliphatic rings. The number of nitrogens with one attached hydrogen (secondary N) is 4. The second kappa shape index (κ2) is 12.5. The van der Waals surface area contributed by atoms with E-state index in [1.807, 2.05) is 18.2 Å². The van der Waals surface area contributed by atoms with Gasteiger partial charge in [-0.2, -0.15) is 4.99 Å². The minimum absolute atomic E-state index is 0.113. The van der Waals surface area contributed by atoms with Crippen LogP contribution in [0.3, 0.4) is 0 Å². The van der Waals surface area contributed by atoms with E-state index in [1.54, 1.807) is 42.5 Å². The van der Waals surface area contributed by atoms with Gasteiger partial charge < -0.3 is 19.3 Å². The van der Waals surface area contributed by atoms with Gasteiger partial charge in [-0.25, -0.2) is 8.78 Å². The van der Waals surface area contributed by atoms with Crippen LogP contribution in [0.15, 0.2) is 111 Å². The predicted octanol–water partition coefficient (Wildman–Crippen LogP) is 5.19. The molecule has 0 fully saturated rings. The number of ether oxygens (including phenoxy) is 1.